The summed E-state index contributed by atoms with van der Waals surface area (Å²) in [7, 11) is 1.66. The first-order chi connectivity index (χ1) is 27.7. The molecule has 0 radical (unpaired) electrons. The molecule has 0 aliphatic heterocycles. The lowest BCUT2D eigenvalue weighted by Gasteiger charge is -1.98. The van der Waals surface area contributed by atoms with Crippen molar-refractivity contribution in [1.29, 1.82) is 0 Å². The fourth-order valence-electron chi connectivity index (χ4n) is 4.29. The van der Waals surface area contributed by atoms with E-state index < -0.39 is 11.2 Å². The van der Waals surface area contributed by atoms with Gasteiger partial charge in [-0.05, 0) is 133 Å². The predicted molar refractivity (Wildman–Crippen MR) is 230 cm³/mol. The number of pyridine rings is 6. The van der Waals surface area contributed by atoms with Crippen LogP contribution in [0, 0.1) is 89.7 Å². The minimum Gasteiger partial charge on any atom is -0.477 e. The third kappa shape index (κ3) is 18.0. The summed E-state index contributed by atoms with van der Waals surface area (Å²) in [6.07, 6.45) is 5.31. The lowest BCUT2D eigenvalue weighted by Crippen LogP contribution is -2.43. The lowest BCUT2D eigenvalue weighted by atomic mass is 10.2. The van der Waals surface area contributed by atoms with Crippen LogP contribution in [-0.4, -0.2) is 48.6 Å². The van der Waals surface area contributed by atoms with Gasteiger partial charge in [-0.3, -0.25) is 19.8 Å². The summed E-state index contributed by atoms with van der Waals surface area (Å²) >= 11 is 5.23. The molecule has 12 nitrogen and oxygen atoms in total. The van der Waals surface area contributed by atoms with E-state index in [1.807, 2.05) is 111 Å². The Labute approximate surface area is 353 Å². The van der Waals surface area contributed by atoms with Gasteiger partial charge < -0.3 is 9.95 Å². The zero-order valence-corrected chi connectivity index (χ0v) is 37.0. The smallest absolute Gasteiger partial charge is 0.354 e. The van der Waals surface area contributed by atoms with Gasteiger partial charge in [-0.2, -0.15) is 0 Å². The van der Waals surface area contributed by atoms with Crippen molar-refractivity contribution >= 4 is 28.6 Å². The number of rotatable bonds is 3. The van der Waals surface area contributed by atoms with Crippen LogP contribution in [0.25, 0.3) is 4.85 Å². The Morgan fingerprint density at radius 2 is 1.07 bits per heavy atom. The fraction of sp³-hybridized carbons (Fsp3) is 0.283. The Bertz CT molecular complexity index is 2260. The van der Waals surface area contributed by atoms with Crippen molar-refractivity contribution in [3.8, 4) is 0 Å². The number of aromatic carboxylic acids is 1. The van der Waals surface area contributed by atoms with Crippen LogP contribution in [0.2, 0.25) is 0 Å². The Hall–Kier alpha value is -6.58. The summed E-state index contributed by atoms with van der Waals surface area (Å²) in [6.45, 7) is 30.0. The molecule has 13 heteroatoms. The van der Waals surface area contributed by atoms with Crippen LogP contribution >= 0.6 is 11.6 Å². The van der Waals surface area contributed by atoms with E-state index in [1.165, 1.54) is 17.2 Å². The number of nitrogens with zero attached hydrogens (tertiary/aromatic N) is 7. The van der Waals surface area contributed by atoms with E-state index >= 15 is 0 Å². The second kappa shape index (κ2) is 25.6. The molecular weight excluding hydrogens is 766 g/mol. The quantitative estimate of drug-likeness (QED) is 0.0773. The van der Waals surface area contributed by atoms with Gasteiger partial charge in [0, 0.05) is 76.8 Å². The second-order valence-electron chi connectivity index (χ2n) is 13.3. The van der Waals surface area contributed by atoms with Gasteiger partial charge in [-0.15, -0.1) is 4.98 Å². The van der Waals surface area contributed by atoms with Crippen molar-refractivity contribution in [3.63, 3.8) is 0 Å². The number of hydrogen-bond donors (Lipinski definition) is 2. The molecule has 0 aliphatic carbocycles. The Balaban J connectivity index is 0.000000355. The van der Waals surface area contributed by atoms with Crippen molar-refractivity contribution < 1.29 is 34.2 Å². The highest BCUT2D eigenvalue weighted by molar-refractivity contribution is 6.67. The van der Waals surface area contributed by atoms with E-state index in [-0.39, 0.29) is 5.69 Å². The number of halogens is 1. The minimum atomic E-state index is -0.979. The molecule has 0 saturated carbocycles. The summed E-state index contributed by atoms with van der Waals surface area (Å²) in [6, 6.07) is 22.2. The number of carboxylic acid groups (broad SMARTS) is 1. The van der Waals surface area contributed by atoms with Crippen LogP contribution in [-0.2, 0) is 0 Å². The lowest BCUT2D eigenvalue weighted by molar-refractivity contribution is -0.909. The average molecular weight is 822 g/mol. The van der Waals surface area contributed by atoms with Crippen molar-refractivity contribution in [2.75, 3.05) is 7.11 Å². The van der Waals surface area contributed by atoms with Crippen LogP contribution in [0.1, 0.15) is 88.5 Å². The number of carbonyl (C=O) groups is 2. The molecular formula is C46H56ClN7O5+2. The van der Waals surface area contributed by atoms with E-state index in [4.69, 9.17) is 33.3 Å². The maximum atomic E-state index is 10.6. The first-order valence-corrected chi connectivity index (χ1v) is 18.8. The molecule has 6 aromatic rings. The molecule has 0 aliphatic rings. The van der Waals surface area contributed by atoms with Crippen LogP contribution in [0.3, 0.4) is 0 Å². The van der Waals surface area contributed by atoms with Crippen LogP contribution in [0.4, 0.5) is 5.82 Å². The van der Waals surface area contributed by atoms with Gasteiger partial charge in [-0.25, -0.2) is 14.8 Å². The monoisotopic (exact) mass is 821 g/mol. The Kier molecular flexibility index (Phi) is 21.9. The summed E-state index contributed by atoms with van der Waals surface area (Å²) in [5.74, 6) is -0.504. The topological polar surface area (TPSA) is 148 Å². The van der Waals surface area contributed by atoms with Crippen LogP contribution in [0.15, 0.2) is 91.4 Å². The highest BCUT2D eigenvalue weighted by Gasteiger charge is 2.07. The SMILES string of the molecule is CO[n+]1cccc(C)c1C.Cc1ccc(C(=O)Cl)nc1C.Cc1ccc(C(=O)O)nc1C.Cc1ccc[n+](O)c1C.Cc1cccnc1C.[C-]#[N+]c1ccc(C)c(C)n1. The minimum absolute atomic E-state index is 0.105. The van der Waals surface area contributed by atoms with Gasteiger partial charge in [0.15, 0.2) is 0 Å². The second-order valence-corrected chi connectivity index (χ2v) is 13.6. The van der Waals surface area contributed by atoms with Gasteiger partial charge in [0.05, 0.1) is 0 Å². The van der Waals surface area contributed by atoms with E-state index in [1.54, 1.807) is 43.2 Å². The molecule has 0 saturated heterocycles. The number of aryl methyl sites for hydroxylation is 10. The van der Waals surface area contributed by atoms with Crippen LogP contribution in [0.5, 0.6) is 0 Å². The van der Waals surface area contributed by atoms with Gasteiger partial charge >= 0.3 is 5.97 Å². The van der Waals surface area contributed by atoms with Gasteiger partial charge in [0.2, 0.25) is 23.8 Å². The largest absolute Gasteiger partial charge is 0.477 e. The highest BCUT2D eigenvalue weighted by atomic mass is 35.5. The molecule has 6 rings (SSSR count). The molecule has 0 unspecified atom stereocenters. The zero-order chi connectivity index (χ0) is 44.8. The highest BCUT2D eigenvalue weighted by Crippen LogP contribution is 2.11. The summed E-state index contributed by atoms with van der Waals surface area (Å²) < 4.78 is 2.87. The van der Waals surface area contributed by atoms with Crippen molar-refractivity contribution in [3.05, 3.63) is 182 Å². The average Bonchev–Trinajstić information content (AvgIpc) is 3.20. The van der Waals surface area contributed by atoms with Crippen molar-refractivity contribution in [2.24, 2.45) is 0 Å². The molecule has 6 heterocycles. The maximum absolute atomic E-state index is 10.6. The summed E-state index contributed by atoms with van der Waals surface area (Å²) in [5, 5.41) is 17.0. The van der Waals surface area contributed by atoms with E-state index in [0.29, 0.717) is 11.5 Å². The summed E-state index contributed by atoms with van der Waals surface area (Å²) in [5.41, 5.74) is 12.9. The van der Waals surface area contributed by atoms with Gasteiger partial charge in [0.25, 0.3) is 11.1 Å². The predicted octanol–water partition coefficient (Wildman–Crippen LogP) is 8.90. The van der Waals surface area contributed by atoms with E-state index in [2.05, 4.69) is 50.8 Å². The van der Waals surface area contributed by atoms with Crippen molar-refractivity contribution in [2.45, 2.75) is 83.1 Å². The fourth-order valence-corrected chi connectivity index (χ4v) is 4.39. The zero-order valence-electron chi connectivity index (χ0n) is 36.3. The summed E-state index contributed by atoms with van der Waals surface area (Å²) in [4.78, 5) is 45.2. The standard InChI is InChI=1S/C8H8ClNO.C8H8N2.C8H9NO2.C8H12NO.C7H10NO.C7H9N/c1-5-3-4-7(8(9)11)10-6(5)2;1-6-4-5-8(9-3)10-7(6)2;1-5-3-4-7(8(10)11)9-6(5)2;1-7-5-4-6-9(10-3)8(7)2;1-6-4-3-5-8(9)7(6)2;1-6-4-3-5-8-7(6)2/h3-4H,1-2H3;4-5H,1-2H3;3-4H,1-2H3,(H,10,11);4-6H,1-3H3;3-5,9H,1-2H3;3-5H,1-2H3/q;;;2*+1;. The molecule has 310 valence electrons. The number of hydrogen-bond acceptors (Lipinski definition) is 8. The molecule has 59 heavy (non-hydrogen) atoms. The maximum Gasteiger partial charge on any atom is 0.354 e. The van der Waals surface area contributed by atoms with E-state index in [9.17, 15) is 9.59 Å². The number of carbonyl (C=O) groups excluding carboxylic acids is 1. The van der Waals surface area contributed by atoms with Crippen LogP contribution < -0.4 is 14.3 Å². The van der Waals surface area contributed by atoms with Crippen molar-refractivity contribution in [1.82, 2.24) is 19.9 Å². The molecule has 0 atom stereocenters. The number of carboxylic acids is 1. The molecule has 0 spiro atoms. The molecule has 2 N–H and O–H groups in total. The molecule has 6 aromatic heterocycles. The first-order valence-electron chi connectivity index (χ1n) is 18.4. The molecule has 0 amide bonds. The normalized spacial score (nSPS) is 9.44. The molecule has 0 aromatic carbocycles. The molecule has 0 fully saturated rings. The number of aromatic nitrogens is 6. The third-order valence-electron chi connectivity index (χ3n) is 9.00. The Morgan fingerprint density at radius 3 is 1.46 bits per heavy atom. The van der Waals surface area contributed by atoms with Gasteiger partial charge in [-0.1, -0.05) is 30.8 Å². The Morgan fingerprint density at radius 1 is 0.610 bits per heavy atom. The van der Waals surface area contributed by atoms with Gasteiger partial charge in [0.1, 0.15) is 24.2 Å². The molecule has 0 bridgehead atoms. The first kappa shape index (κ1) is 50.4. The van der Waals surface area contributed by atoms with E-state index in [0.717, 1.165) is 61.1 Å². The third-order valence-corrected chi connectivity index (χ3v) is 9.19.